The zero-order valence-electron chi connectivity index (χ0n) is 16.0. The number of likely N-dealkylation sites (tertiary alicyclic amines) is 1. The summed E-state index contributed by atoms with van der Waals surface area (Å²) >= 11 is 0. The smallest absolute Gasteiger partial charge is 0.290 e. The average molecular weight is 405 g/mol. The van der Waals surface area contributed by atoms with Crippen LogP contribution in [0.25, 0.3) is 0 Å². The minimum absolute atomic E-state index is 0.151. The summed E-state index contributed by atoms with van der Waals surface area (Å²) in [4.78, 5) is 38.9. The number of nitrogens with zero attached hydrogens (tertiary/aromatic N) is 5. The van der Waals surface area contributed by atoms with E-state index in [1.165, 1.54) is 0 Å². The van der Waals surface area contributed by atoms with Crippen LogP contribution < -0.4 is 4.90 Å². The predicted molar refractivity (Wildman–Crippen MR) is 101 cm³/mol. The van der Waals surface area contributed by atoms with E-state index in [4.69, 9.17) is 14.7 Å². The summed E-state index contributed by atoms with van der Waals surface area (Å²) in [5.41, 5.74) is -1.24. The van der Waals surface area contributed by atoms with E-state index < -0.39 is 11.3 Å². The molecular formula is C19H24FN5O4. The number of anilines is 1. The van der Waals surface area contributed by atoms with Crippen LogP contribution in [0, 0.1) is 5.92 Å². The quantitative estimate of drug-likeness (QED) is 0.754. The lowest BCUT2D eigenvalue weighted by molar-refractivity contribution is -0.139. The van der Waals surface area contributed by atoms with Crippen LogP contribution in [-0.2, 0) is 14.4 Å². The molecule has 156 valence electrons. The molecule has 0 bridgehead atoms. The van der Waals surface area contributed by atoms with Crippen LogP contribution in [0.4, 0.5) is 10.2 Å². The van der Waals surface area contributed by atoms with E-state index in [1.54, 1.807) is 23.5 Å². The zero-order valence-corrected chi connectivity index (χ0v) is 16.0. The summed E-state index contributed by atoms with van der Waals surface area (Å²) in [5, 5.41) is 11.0. The topological polar surface area (TPSA) is 108 Å². The van der Waals surface area contributed by atoms with E-state index in [0.717, 1.165) is 38.0 Å². The van der Waals surface area contributed by atoms with E-state index in [-0.39, 0.29) is 31.4 Å². The highest BCUT2D eigenvalue weighted by Gasteiger charge is 2.56. The summed E-state index contributed by atoms with van der Waals surface area (Å²) in [6.45, 7) is 1.66. The zero-order chi connectivity index (χ0) is 20.5. The van der Waals surface area contributed by atoms with Crippen molar-refractivity contribution in [3.05, 3.63) is 18.6 Å². The molecule has 1 amide bonds. The van der Waals surface area contributed by atoms with Gasteiger partial charge in [-0.05, 0) is 31.6 Å². The molecule has 10 heteroatoms. The predicted octanol–water partition coefficient (Wildman–Crippen LogP) is 1.25. The van der Waals surface area contributed by atoms with Gasteiger partial charge in [-0.1, -0.05) is 5.16 Å². The van der Waals surface area contributed by atoms with Crippen molar-refractivity contribution in [1.82, 2.24) is 14.9 Å². The molecule has 3 aliphatic heterocycles. The molecule has 1 aliphatic carbocycles. The lowest BCUT2D eigenvalue weighted by Gasteiger charge is -2.44. The standard InChI is InChI=1S/C18H22FN5O2.CH2O2/c19-18(13-2-3-13)11-24(12-18)16(25)14-8-17(26-22-14)4-1-7-23(10-17)15-9-20-5-6-21-15;2-1-3/h5-6,9,13H,1-4,7-8,10-12H2;1H,(H,2,3). The molecule has 3 fully saturated rings. The maximum Gasteiger partial charge on any atom is 0.290 e. The number of rotatable bonds is 3. The van der Waals surface area contributed by atoms with Crippen molar-refractivity contribution in [2.24, 2.45) is 11.1 Å². The van der Waals surface area contributed by atoms with E-state index in [1.807, 2.05) is 0 Å². The van der Waals surface area contributed by atoms with Gasteiger partial charge in [-0.2, -0.15) is 0 Å². The number of halogens is 1. The van der Waals surface area contributed by atoms with Crippen molar-refractivity contribution in [3.63, 3.8) is 0 Å². The summed E-state index contributed by atoms with van der Waals surface area (Å²) < 4.78 is 14.5. The van der Waals surface area contributed by atoms with Gasteiger partial charge in [-0.25, -0.2) is 9.37 Å². The first-order valence-electron chi connectivity index (χ1n) is 9.81. The SMILES string of the molecule is O=C(C1=NOC2(CCCN(c3cnccn3)C2)C1)N1CC(F)(C2CC2)C1.O=CO. The Balaban J connectivity index is 0.000000645. The summed E-state index contributed by atoms with van der Waals surface area (Å²) in [6.07, 6.45) is 9.21. The Hall–Kier alpha value is -2.78. The highest BCUT2D eigenvalue weighted by atomic mass is 19.1. The summed E-state index contributed by atoms with van der Waals surface area (Å²) in [6, 6.07) is 0. The first kappa shape index (κ1) is 19.5. The number of hydrogen-bond donors (Lipinski definition) is 1. The molecule has 29 heavy (non-hydrogen) atoms. The van der Waals surface area contributed by atoms with Gasteiger partial charge in [0.1, 0.15) is 17.2 Å². The number of aromatic nitrogens is 2. The van der Waals surface area contributed by atoms with Crippen LogP contribution in [0.3, 0.4) is 0 Å². The maximum absolute atomic E-state index is 14.5. The fraction of sp³-hybridized carbons (Fsp3) is 0.632. The summed E-state index contributed by atoms with van der Waals surface area (Å²) in [7, 11) is 0. The molecule has 1 aromatic rings. The van der Waals surface area contributed by atoms with Crippen LogP contribution in [-0.4, -0.2) is 75.5 Å². The fourth-order valence-corrected chi connectivity index (χ4v) is 4.38. The fourth-order valence-electron chi connectivity index (χ4n) is 4.38. The molecule has 0 aromatic carbocycles. The number of piperidine rings is 1. The van der Waals surface area contributed by atoms with Gasteiger partial charge in [0.15, 0.2) is 5.60 Å². The van der Waals surface area contributed by atoms with Gasteiger partial charge in [0, 0.05) is 25.4 Å². The minimum atomic E-state index is -1.17. The molecule has 4 heterocycles. The van der Waals surface area contributed by atoms with Crippen molar-refractivity contribution >= 4 is 23.9 Å². The molecule has 4 aliphatic rings. The van der Waals surface area contributed by atoms with Crippen LogP contribution in [0.1, 0.15) is 32.1 Å². The minimum Gasteiger partial charge on any atom is -0.483 e. The number of carbonyl (C=O) groups is 2. The lowest BCUT2D eigenvalue weighted by atomic mass is 9.86. The highest BCUT2D eigenvalue weighted by molar-refractivity contribution is 6.39. The van der Waals surface area contributed by atoms with Gasteiger partial charge < -0.3 is 19.7 Å². The number of carbonyl (C=O) groups excluding carboxylic acids is 1. The van der Waals surface area contributed by atoms with E-state index >= 15 is 0 Å². The Labute approximate surface area is 167 Å². The van der Waals surface area contributed by atoms with Crippen molar-refractivity contribution in [1.29, 1.82) is 0 Å². The number of alkyl halides is 1. The van der Waals surface area contributed by atoms with E-state index in [9.17, 15) is 9.18 Å². The Morgan fingerprint density at radius 1 is 1.31 bits per heavy atom. The molecule has 1 aromatic heterocycles. The van der Waals surface area contributed by atoms with Gasteiger partial charge >= 0.3 is 0 Å². The van der Waals surface area contributed by atoms with Crippen molar-refractivity contribution in [3.8, 4) is 0 Å². The first-order chi connectivity index (χ1) is 14.0. The molecule has 1 N–H and O–H groups in total. The van der Waals surface area contributed by atoms with Gasteiger partial charge in [0.2, 0.25) is 0 Å². The highest BCUT2D eigenvalue weighted by Crippen LogP contribution is 2.47. The molecule has 2 saturated heterocycles. The molecule has 9 nitrogen and oxygen atoms in total. The van der Waals surface area contributed by atoms with Crippen molar-refractivity contribution in [2.45, 2.75) is 43.4 Å². The monoisotopic (exact) mass is 405 g/mol. The normalized spacial score (nSPS) is 27.3. The van der Waals surface area contributed by atoms with Crippen LogP contribution in [0.2, 0.25) is 0 Å². The molecule has 1 saturated carbocycles. The second kappa shape index (κ2) is 7.57. The molecule has 5 rings (SSSR count). The van der Waals surface area contributed by atoms with Gasteiger partial charge in [0.25, 0.3) is 12.4 Å². The molecule has 1 spiro atoms. The maximum atomic E-state index is 14.5. The van der Waals surface area contributed by atoms with Crippen molar-refractivity contribution in [2.75, 3.05) is 31.1 Å². The van der Waals surface area contributed by atoms with Crippen LogP contribution in [0.5, 0.6) is 0 Å². The molecule has 0 radical (unpaired) electrons. The second-order valence-corrected chi connectivity index (χ2v) is 8.15. The van der Waals surface area contributed by atoms with Crippen LogP contribution >= 0.6 is 0 Å². The van der Waals surface area contributed by atoms with E-state index in [0.29, 0.717) is 18.7 Å². The number of amides is 1. The molecule has 1 atom stereocenters. The molecular weight excluding hydrogens is 381 g/mol. The van der Waals surface area contributed by atoms with Gasteiger partial charge in [0.05, 0.1) is 25.8 Å². The Morgan fingerprint density at radius 2 is 2.07 bits per heavy atom. The third-order valence-electron chi connectivity index (χ3n) is 6.00. The Morgan fingerprint density at radius 3 is 2.72 bits per heavy atom. The third kappa shape index (κ3) is 3.88. The van der Waals surface area contributed by atoms with Gasteiger partial charge in [-0.15, -0.1) is 0 Å². The second-order valence-electron chi connectivity index (χ2n) is 8.15. The first-order valence-corrected chi connectivity index (χ1v) is 9.81. The molecule has 1 unspecified atom stereocenters. The number of carboxylic acid groups (broad SMARTS) is 1. The van der Waals surface area contributed by atoms with Crippen molar-refractivity contribution < 1.29 is 23.9 Å². The number of oxime groups is 1. The Kier molecular flexibility index (Phi) is 5.10. The largest absolute Gasteiger partial charge is 0.483 e. The lowest BCUT2D eigenvalue weighted by Crippen LogP contribution is -2.63. The number of hydrogen-bond acceptors (Lipinski definition) is 7. The summed E-state index contributed by atoms with van der Waals surface area (Å²) in [5.74, 6) is 0.787. The van der Waals surface area contributed by atoms with Gasteiger partial charge in [-0.3, -0.25) is 14.6 Å². The third-order valence-corrected chi connectivity index (χ3v) is 6.00. The Bertz CT molecular complexity index is 797. The van der Waals surface area contributed by atoms with E-state index in [2.05, 4.69) is 20.0 Å². The average Bonchev–Trinajstić information content (AvgIpc) is 3.49. The van der Waals surface area contributed by atoms with Crippen LogP contribution in [0.15, 0.2) is 23.7 Å².